The Morgan fingerprint density at radius 3 is 2.60 bits per heavy atom. The molecule has 184 valence electrons. The molecule has 0 saturated carbocycles. The lowest BCUT2D eigenvalue weighted by molar-refractivity contribution is -0.00264. The standard InChI is InChI=1S/C23H21ClF3N5O3/c1-2-31-18(13-34-12-14-6-4-3-5-7-14)30-32(23(31)33)17-10-15-8-9-28-20(24)19(15)22(29-17)35-16(11-25)21(26)27/h3-10,16,21H,2,11-13H2,1H3. The molecule has 0 radical (unpaired) electrons. The summed E-state index contributed by atoms with van der Waals surface area (Å²) >= 11 is 6.14. The van der Waals surface area contributed by atoms with Crippen LogP contribution in [-0.2, 0) is 24.5 Å². The molecule has 12 heteroatoms. The quantitative estimate of drug-likeness (QED) is 0.297. The van der Waals surface area contributed by atoms with Gasteiger partial charge in [0.25, 0.3) is 6.43 Å². The molecule has 3 heterocycles. The van der Waals surface area contributed by atoms with Crippen molar-refractivity contribution in [2.24, 2.45) is 0 Å². The van der Waals surface area contributed by atoms with Gasteiger partial charge in [0.1, 0.15) is 18.4 Å². The fourth-order valence-corrected chi connectivity index (χ4v) is 3.69. The highest BCUT2D eigenvalue weighted by Gasteiger charge is 2.26. The number of rotatable bonds is 10. The Bertz CT molecular complexity index is 1360. The summed E-state index contributed by atoms with van der Waals surface area (Å²) in [5.41, 5.74) is 0.446. The molecule has 0 aliphatic rings. The van der Waals surface area contributed by atoms with Crippen molar-refractivity contribution < 1.29 is 22.6 Å². The first kappa shape index (κ1) is 24.7. The van der Waals surface area contributed by atoms with Gasteiger partial charge in [-0.3, -0.25) is 4.57 Å². The van der Waals surface area contributed by atoms with Crippen LogP contribution in [0.2, 0.25) is 5.15 Å². The molecular weight excluding hydrogens is 487 g/mol. The number of hydrogen-bond donors (Lipinski definition) is 0. The number of ether oxygens (including phenoxy) is 2. The van der Waals surface area contributed by atoms with Crippen molar-refractivity contribution in [2.45, 2.75) is 39.2 Å². The van der Waals surface area contributed by atoms with Gasteiger partial charge < -0.3 is 9.47 Å². The van der Waals surface area contributed by atoms with Gasteiger partial charge in [-0.05, 0) is 30.0 Å². The summed E-state index contributed by atoms with van der Waals surface area (Å²) in [6.45, 7) is 1.01. The maximum absolute atomic E-state index is 13.2. The molecule has 0 fully saturated rings. The molecule has 35 heavy (non-hydrogen) atoms. The summed E-state index contributed by atoms with van der Waals surface area (Å²) in [5.74, 6) is -0.0405. The van der Waals surface area contributed by atoms with Crippen LogP contribution in [0.3, 0.4) is 0 Å². The van der Waals surface area contributed by atoms with Crippen molar-refractivity contribution >= 4 is 22.4 Å². The number of alkyl halides is 3. The third-order valence-corrected chi connectivity index (χ3v) is 5.45. The van der Waals surface area contributed by atoms with E-state index in [2.05, 4.69) is 15.1 Å². The van der Waals surface area contributed by atoms with E-state index in [9.17, 15) is 18.0 Å². The molecule has 3 aromatic heterocycles. The summed E-state index contributed by atoms with van der Waals surface area (Å²) in [4.78, 5) is 21.2. The first-order chi connectivity index (χ1) is 16.9. The van der Waals surface area contributed by atoms with Crippen LogP contribution in [0.5, 0.6) is 5.88 Å². The molecule has 0 spiro atoms. The minimum Gasteiger partial charge on any atom is -0.465 e. The molecule has 8 nitrogen and oxygen atoms in total. The highest BCUT2D eigenvalue weighted by Crippen LogP contribution is 2.32. The SMILES string of the molecule is CCn1c(COCc2ccccc2)nn(-c2cc3ccnc(Cl)c3c(OC(CF)C(F)F)n2)c1=O. The first-order valence-electron chi connectivity index (χ1n) is 10.7. The van der Waals surface area contributed by atoms with Crippen molar-refractivity contribution in [2.75, 3.05) is 6.67 Å². The van der Waals surface area contributed by atoms with E-state index in [0.717, 1.165) is 10.2 Å². The predicted octanol–water partition coefficient (Wildman–Crippen LogP) is 4.35. The van der Waals surface area contributed by atoms with E-state index >= 15 is 0 Å². The zero-order valence-electron chi connectivity index (χ0n) is 18.6. The summed E-state index contributed by atoms with van der Waals surface area (Å²) in [6, 6.07) is 12.5. The fraction of sp³-hybridized carbons (Fsp3) is 0.304. The lowest BCUT2D eigenvalue weighted by Crippen LogP contribution is -2.28. The van der Waals surface area contributed by atoms with Gasteiger partial charge in [0.05, 0.1) is 12.0 Å². The third-order valence-electron chi connectivity index (χ3n) is 5.16. The highest BCUT2D eigenvalue weighted by molar-refractivity contribution is 6.34. The molecule has 1 unspecified atom stereocenters. The van der Waals surface area contributed by atoms with Crippen molar-refractivity contribution in [3.63, 3.8) is 0 Å². The minimum atomic E-state index is -3.11. The Kier molecular flexibility index (Phi) is 7.67. The largest absolute Gasteiger partial charge is 0.465 e. The van der Waals surface area contributed by atoms with Crippen molar-refractivity contribution in [3.05, 3.63) is 75.7 Å². The fourth-order valence-electron chi connectivity index (χ4n) is 3.45. The van der Waals surface area contributed by atoms with Gasteiger partial charge in [-0.25, -0.2) is 22.9 Å². The molecule has 0 bridgehead atoms. The Morgan fingerprint density at radius 1 is 1.14 bits per heavy atom. The van der Waals surface area contributed by atoms with Gasteiger partial charge in [0.2, 0.25) is 5.88 Å². The number of benzene rings is 1. The van der Waals surface area contributed by atoms with E-state index in [1.807, 2.05) is 30.3 Å². The van der Waals surface area contributed by atoms with Gasteiger partial charge in [-0.15, -0.1) is 5.10 Å². The van der Waals surface area contributed by atoms with Crippen LogP contribution in [0.25, 0.3) is 16.6 Å². The van der Waals surface area contributed by atoms with Crippen LogP contribution in [0.15, 0.2) is 53.5 Å². The molecule has 0 aliphatic carbocycles. The number of pyridine rings is 2. The second-order valence-electron chi connectivity index (χ2n) is 7.46. The number of fused-ring (bicyclic) bond motifs is 1. The van der Waals surface area contributed by atoms with E-state index in [1.165, 1.54) is 22.9 Å². The maximum Gasteiger partial charge on any atom is 0.352 e. The average molecular weight is 508 g/mol. The number of hydrogen-bond acceptors (Lipinski definition) is 6. The van der Waals surface area contributed by atoms with Gasteiger partial charge >= 0.3 is 5.69 Å². The van der Waals surface area contributed by atoms with Gasteiger partial charge in [0.15, 0.2) is 17.7 Å². The number of aromatic nitrogens is 5. The van der Waals surface area contributed by atoms with Crippen molar-refractivity contribution in [3.8, 4) is 11.7 Å². The van der Waals surface area contributed by atoms with Crippen molar-refractivity contribution in [1.29, 1.82) is 0 Å². The summed E-state index contributed by atoms with van der Waals surface area (Å²) in [5, 5.41) is 4.79. The summed E-state index contributed by atoms with van der Waals surface area (Å²) in [7, 11) is 0. The predicted molar refractivity (Wildman–Crippen MR) is 123 cm³/mol. The van der Waals surface area contributed by atoms with Crippen LogP contribution in [0.1, 0.15) is 18.3 Å². The Labute approximate surface area is 202 Å². The lowest BCUT2D eigenvalue weighted by atomic mass is 10.2. The van der Waals surface area contributed by atoms with Crippen molar-refractivity contribution in [1.82, 2.24) is 24.3 Å². The minimum absolute atomic E-state index is 0.0110. The van der Waals surface area contributed by atoms with E-state index in [4.69, 9.17) is 21.1 Å². The summed E-state index contributed by atoms with van der Waals surface area (Å²) < 4.78 is 52.8. The Balaban J connectivity index is 1.72. The second kappa shape index (κ2) is 10.9. The highest BCUT2D eigenvalue weighted by atomic mass is 35.5. The van der Waals surface area contributed by atoms with Gasteiger partial charge in [-0.1, -0.05) is 41.9 Å². The molecule has 1 atom stereocenters. The van der Waals surface area contributed by atoms with E-state index < -0.39 is 24.9 Å². The molecule has 0 amide bonds. The molecular formula is C23H21ClF3N5O3. The number of halogens is 4. The van der Waals surface area contributed by atoms with Crippen LogP contribution >= 0.6 is 11.6 Å². The van der Waals surface area contributed by atoms with E-state index in [-0.39, 0.29) is 28.8 Å². The molecule has 4 aromatic rings. The first-order valence-corrected chi connectivity index (χ1v) is 11.1. The van der Waals surface area contributed by atoms with Crippen LogP contribution in [-0.4, -0.2) is 43.5 Å². The Morgan fingerprint density at radius 2 is 1.91 bits per heavy atom. The van der Waals surface area contributed by atoms with Crippen LogP contribution in [0.4, 0.5) is 13.2 Å². The summed E-state index contributed by atoms with van der Waals surface area (Å²) in [6.07, 6.45) is -3.77. The van der Waals surface area contributed by atoms with E-state index in [0.29, 0.717) is 24.4 Å². The lowest BCUT2D eigenvalue weighted by Gasteiger charge is -2.16. The molecule has 0 aliphatic heterocycles. The average Bonchev–Trinajstić information content (AvgIpc) is 3.17. The smallest absolute Gasteiger partial charge is 0.352 e. The normalized spacial score (nSPS) is 12.4. The zero-order valence-corrected chi connectivity index (χ0v) is 19.3. The topological polar surface area (TPSA) is 84.1 Å². The molecule has 1 aromatic carbocycles. The molecule has 0 N–H and O–H groups in total. The number of nitrogens with zero attached hydrogens (tertiary/aromatic N) is 5. The maximum atomic E-state index is 13.2. The van der Waals surface area contributed by atoms with Gasteiger partial charge in [0, 0.05) is 12.7 Å². The zero-order chi connectivity index (χ0) is 24.9. The molecule has 0 saturated heterocycles. The second-order valence-corrected chi connectivity index (χ2v) is 7.82. The van der Waals surface area contributed by atoms with E-state index in [1.54, 1.807) is 6.92 Å². The van der Waals surface area contributed by atoms with Crippen LogP contribution < -0.4 is 10.4 Å². The van der Waals surface area contributed by atoms with Gasteiger partial charge in [-0.2, -0.15) is 9.67 Å². The Hall–Kier alpha value is -3.44. The van der Waals surface area contributed by atoms with Crippen LogP contribution in [0, 0.1) is 0 Å². The third kappa shape index (κ3) is 5.30. The molecule has 4 rings (SSSR count). The monoisotopic (exact) mass is 507 g/mol.